The van der Waals surface area contributed by atoms with Gasteiger partial charge in [0.05, 0.1) is 16.9 Å². The molecule has 0 bridgehead atoms. The van der Waals surface area contributed by atoms with Crippen LogP contribution in [0, 0.1) is 0 Å². The summed E-state index contributed by atoms with van der Waals surface area (Å²) in [6, 6.07) is 10.3. The van der Waals surface area contributed by atoms with Gasteiger partial charge in [-0.25, -0.2) is 4.79 Å². The van der Waals surface area contributed by atoms with Crippen molar-refractivity contribution in [2.75, 3.05) is 5.32 Å². The van der Waals surface area contributed by atoms with Crippen LogP contribution < -0.4 is 5.32 Å². The first kappa shape index (κ1) is 14.4. The minimum atomic E-state index is -1.03. The molecule has 0 spiro atoms. The molecular formula is C13H8Br2ClNO2. The predicted molar refractivity (Wildman–Crippen MR) is 83.5 cm³/mol. The number of carboxylic acid groups (broad SMARTS) is 1. The van der Waals surface area contributed by atoms with Crippen molar-refractivity contribution in [3.63, 3.8) is 0 Å². The molecule has 2 rings (SSSR count). The molecule has 0 unspecified atom stereocenters. The third-order valence-electron chi connectivity index (χ3n) is 2.41. The Labute approximate surface area is 131 Å². The summed E-state index contributed by atoms with van der Waals surface area (Å²) >= 11 is 12.6. The number of anilines is 2. The first-order chi connectivity index (χ1) is 8.97. The molecular weight excluding hydrogens is 397 g/mol. The molecule has 2 N–H and O–H groups in total. The summed E-state index contributed by atoms with van der Waals surface area (Å²) in [5, 5.41) is 12.6. The second kappa shape index (κ2) is 5.94. The highest BCUT2D eigenvalue weighted by molar-refractivity contribution is 9.11. The van der Waals surface area contributed by atoms with Crippen molar-refractivity contribution in [2.24, 2.45) is 0 Å². The quantitative estimate of drug-likeness (QED) is 0.728. The van der Waals surface area contributed by atoms with E-state index in [0.717, 1.165) is 14.6 Å². The molecule has 98 valence electrons. The summed E-state index contributed by atoms with van der Waals surface area (Å²) < 4.78 is 1.76. The molecule has 0 aliphatic heterocycles. The first-order valence-electron chi connectivity index (χ1n) is 5.22. The molecule has 2 aromatic carbocycles. The van der Waals surface area contributed by atoms with Gasteiger partial charge >= 0.3 is 5.97 Å². The number of carbonyl (C=O) groups is 1. The normalized spacial score (nSPS) is 10.3. The number of nitrogens with one attached hydrogen (secondary N) is 1. The number of carboxylic acids is 1. The Hall–Kier alpha value is -1.04. The van der Waals surface area contributed by atoms with Crippen molar-refractivity contribution < 1.29 is 9.90 Å². The van der Waals surface area contributed by atoms with E-state index in [2.05, 4.69) is 37.2 Å². The Kier molecular flexibility index (Phi) is 4.50. The molecule has 0 aliphatic rings. The van der Waals surface area contributed by atoms with Crippen LogP contribution in [0.1, 0.15) is 10.4 Å². The summed E-state index contributed by atoms with van der Waals surface area (Å²) in [5.41, 5.74) is 1.38. The average Bonchev–Trinajstić information content (AvgIpc) is 2.34. The minimum Gasteiger partial charge on any atom is -0.478 e. The van der Waals surface area contributed by atoms with Crippen LogP contribution in [0.25, 0.3) is 0 Å². The topological polar surface area (TPSA) is 49.3 Å². The maximum absolute atomic E-state index is 11.2. The molecule has 19 heavy (non-hydrogen) atoms. The van der Waals surface area contributed by atoms with Crippen LogP contribution >= 0.6 is 43.5 Å². The number of aromatic carboxylic acids is 1. The summed E-state index contributed by atoms with van der Waals surface area (Å²) in [7, 11) is 0. The molecule has 3 nitrogen and oxygen atoms in total. The largest absolute Gasteiger partial charge is 0.478 e. The highest BCUT2D eigenvalue weighted by Crippen LogP contribution is 2.31. The predicted octanol–water partition coefficient (Wildman–Crippen LogP) is 5.31. The zero-order valence-electron chi connectivity index (χ0n) is 9.45. The minimum absolute atomic E-state index is 0.127. The molecule has 0 saturated carbocycles. The van der Waals surface area contributed by atoms with E-state index < -0.39 is 5.97 Å². The van der Waals surface area contributed by atoms with Crippen LogP contribution in [0.15, 0.2) is 45.3 Å². The van der Waals surface area contributed by atoms with Gasteiger partial charge in [0.2, 0.25) is 0 Å². The number of hydrogen-bond acceptors (Lipinski definition) is 2. The molecule has 2 aromatic rings. The lowest BCUT2D eigenvalue weighted by Gasteiger charge is -2.11. The van der Waals surface area contributed by atoms with E-state index in [1.165, 1.54) is 6.07 Å². The van der Waals surface area contributed by atoms with Gasteiger partial charge in [0.15, 0.2) is 0 Å². The fourth-order valence-corrected chi connectivity index (χ4v) is 2.86. The smallest absolute Gasteiger partial charge is 0.337 e. The van der Waals surface area contributed by atoms with Crippen LogP contribution in [0.4, 0.5) is 11.4 Å². The number of rotatable bonds is 3. The Balaban J connectivity index is 2.40. The summed E-state index contributed by atoms with van der Waals surface area (Å²) in [6.07, 6.45) is 0. The summed E-state index contributed by atoms with van der Waals surface area (Å²) in [4.78, 5) is 11.2. The maximum Gasteiger partial charge on any atom is 0.337 e. The Morgan fingerprint density at radius 1 is 1.11 bits per heavy atom. The molecule has 0 fully saturated rings. The number of hydrogen-bond donors (Lipinski definition) is 2. The molecule has 0 aromatic heterocycles. The SMILES string of the molecule is O=C(O)c1cc(Cl)ccc1Nc1ccc(Br)cc1Br. The molecule has 0 atom stereocenters. The number of benzene rings is 2. The van der Waals surface area contributed by atoms with Crippen LogP contribution in [0.3, 0.4) is 0 Å². The van der Waals surface area contributed by atoms with Gasteiger partial charge in [-0.2, -0.15) is 0 Å². The van der Waals surface area contributed by atoms with Gasteiger partial charge in [-0.05, 0) is 52.3 Å². The Morgan fingerprint density at radius 3 is 2.42 bits per heavy atom. The van der Waals surface area contributed by atoms with Crippen LogP contribution in [-0.2, 0) is 0 Å². The van der Waals surface area contributed by atoms with Crippen LogP contribution in [0.5, 0.6) is 0 Å². The monoisotopic (exact) mass is 403 g/mol. The van der Waals surface area contributed by atoms with E-state index in [0.29, 0.717) is 10.7 Å². The van der Waals surface area contributed by atoms with Gasteiger partial charge in [-0.15, -0.1) is 0 Å². The molecule has 0 amide bonds. The first-order valence-corrected chi connectivity index (χ1v) is 7.18. The van der Waals surface area contributed by atoms with Crippen LogP contribution in [-0.4, -0.2) is 11.1 Å². The standard InChI is InChI=1S/C13H8Br2ClNO2/c14-7-1-3-12(10(15)5-7)17-11-4-2-8(16)6-9(11)13(18)19/h1-6,17H,(H,18,19). The lowest BCUT2D eigenvalue weighted by Crippen LogP contribution is -2.03. The fourth-order valence-electron chi connectivity index (χ4n) is 1.54. The van der Waals surface area contributed by atoms with Gasteiger partial charge in [-0.1, -0.05) is 27.5 Å². The van der Waals surface area contributed by atoms with E-state index in [4.69, 9.17) is 16.7 Å². The Bertz CT molecular complexity index is 647. The fraction of sp³-hybridized carbons (Fsp3) is 0. The second-order valence-corrected chi connectivity index (χ2v) is 5.95. The maximum atomic E-state index is 11.2. The van der Waals surface area contributed by atoms with E-state index in [1.807, 2.05) is 18.2 Å². The van der Waals surface area contributed by atoms with E-state index in [1.54, 1.807) is 12.1 Å². The molecule has 0 heterocycles. The van der Waals surface area contributed by atoms with Crippen molar-refractivity contribution in [3.05, 3.63) is 55.9 Å². The van der Waals surface area contributed by atoms with Crippen molar-refractivity contribution in [2.45, 2.75) is 0 Å². The molecule has 0 aliphatic carbocycles. The molecule has 0 saturated heterocycles. The highest BCUT2D eigenvalue weighted by Gasteiger charge is 2.12. The highest BCUT2D eigenvalue weighted by atomic mass is 79.9. The zero-order chi connectivity index (χ0) is 14.0. The Morgan fingerprint density at radius 2 is 1.79 bits per heavy atom. The van der Waals surface area contributed by atoms with Gasteiger partial charge < -0.3 is 10.4 Å². The van der Waals surface area contributed by atoms with E-state index in [-0.39, 0.29) is 5.56 Å². The van der Waals surface area contributed by atoms with E-state index >= 15 is 0 Å². The molecule has 0 radical (unpaired) electrons. The summed E-state index contributed by atoms with van der Waals surface area (Å²) in [6.45, 7) is 0. The lowest BCUT2D eigenvalue weighted by atomic mass is 10.1. The van der Waals surface area contributed by atoms with E-state index in [9.17, 15) is 4.79 Å². The van der Waals surface area contributed by atoms with Crippen molar-refractivity contribution in [1.82, 2.24) is 0 Å². The third-order valence-corrected chi connectivity index (χ3v) is 3.80. The number of halogens is 3. The van der Waals surface area contributed by atoms with Crippen molar-refractivity contribution in [3.8, 4) is 0 Å². The lowest BCUT2D eigenvalue weighted by molar-refractivity contribution is 0.0698. The van der Waals surface area contributed by atoms with Gasteiger partial charge in [-0.3, -0.25) is 0 Å². The summed E-state index contributed by atoms with van der Waals surface area (Å²) in [5.74, 6) is -1.03. The van der Waals surface area contributed by atoms with Crippen molar-refractivity contribution >= 4 is 60.8 Å². The van der Waals surface area contributed by atoms with Gasteiger partial charge in [0, 0.05) is 14.0 Å². The van der Waals surface area contributed by atoms with Crippen molar-refractivity contribution in [1.29, 1.82) is 0 Å². The van der Waals surface area contributed by atoms with Gasteiger partial charge in [0.1, 0.15) is 0 Å². The average molecular weight is 405 g/mol. The zero-order valence-corrected chi connectivity index (χ0v) is 13.4. The second-order valence-electron chi connectivity index (χ2n) is 3.74. The van der Waals surface area contributed by atoms with Crippen LogP contribution in [0.2, 0.25) is 5.02 Å². The molecule has 6 heteroatoms. The van der Waals surface area contributed by atoms with Gasteiger partial charge in [0.25, 0.3) is 0 Å². The third kappa shape index (κ3) is 3.49.